The van der Waals surface area contributed by atoms with E-state index in [1.165, 1.54) is 4.80 Å². The Labute approximate surface area is 103 Å². The van der Waals surface area contributed by atoms with E-state index in [0.29, 0.717) is 0 Å². The van der Waals surface area contributed by atoms with Gasteiger partial charge < -0.3 is 4.74 Å². The second kappa shape index (κ2) is 5.20. The fourth-order valence-corrected chi connectivity index (χ4v) is 2.30. The number of halogens is 1. The molecule has 16 heavy (non-hydrogen) atoms. The van der Waals surface area contributed by atoms with Crippen molar-refractivity contribution in [1.29, 1.82) is 0 Å². The summed E-state index contributed by atoms with van der Waals surface area (Å²) in [6.07, 6.45) is 0.508. The molecule has 0 spiro atoms. The zero-order chi connectivity index (χ0) is 11.5. The highest BCUT2D eigenvalue weighted by Crippen LogP contribution is 2.14. The predicted octanol–water partition coefficient (Wildman–Crippen LogP) is 0.194. The van der Waals surface area contributed by atoms with Crippen molar-refractivity contribution in [2.75, 3.05) is 18.4 Å². The first-order valence-electron chi connectivity index (χ1n) is 5.34. The molecule has 7 heteroatoms. The first-order chi connectivity index (χ1) is 7.67. The van der Waals surface area contributed by atoms with Gasteiger partial charge in [0.2, 0.25) is 0 Å². The van der Waals surface area contributed by atoms with Crippen LogP contribution < -0.4 is 0 Å². The standard InChI is InChI=1S/C9H16BrN5O/c1-7-4-15(5-8(3-10)16-7)6-9-11-13-14(2)12-9/h7-8H,3-6H2,1-2H3. The van der Waals surface area contributed by atoms with Gasteiger partial charge in [0.1, 0.15) is 0 Å². The fraction of sp³-hybridized carbons (Fsp3) is 0.889. The lowest BCUT2D eigenvalue weighted by molar-refractivity contribution is -0.0684. The number of tetrazole rings is 1. The molecule has 2 heterocycles. The Hall–Kier alpha value is -0.530. The smallest absolute Gasteiger partial charge is 0.188 e. The summed E-state index contributed by atoms with van der Waals surface area (Å²) in [6.45, 7) is 4.66. The molecular weight excluding hydrogens is 274 g/mol. The van der Waals surface area contributed by atoms with Crippen LogP contribution in [-0.4, -0.2) is 55.7 Å². The van der Waals surface area contributed by atoms with E-state index in [4.69, 9.17) is 4.74 Å². The number of rotatable bonds is 3. The summed E-state index contributed by atoms with van der Waals surface area (Å²) >= 11 is 3.46. The van der Waals surface area contributed by atoms with Gasteiger partial charge in [0.15, 0.2) is 5.82 Å². The number of alkyl halides is 1. The van der Waals surface area contributed by atoms with Crippen molar-refractivity contribution in [3.8, 4) is 0 Å². The zero-order valence-corrected chi connectivity index (χ0v) is 11.1. The molecule has 1 saturated heterocycles. The topological polar surface area (TPSA) is 56.1 Å². The maximum atomic E-state index is 5.76. The van der Waals surface area contributed by atoms with E-state index in [1.54, 1.807) is 7.05 Å². The van der Waals surface area contributed by atoms with Gasteiger partial charge in [-0.15, -0.1) is 10.2 Å². The molecule has 1 aliphatic heterocycles. The number of hydrogen-bond acceptors (Lipinski definition) is 5. The van der Waals surface area contributed by atoms with Crippen LogP contribution in [0.25, 0.3) is 0 Å². The maximum Gasteiger partial charge on any atom is 0.188 e. The predicted molar refractivity (Wildman–Crippen MR) is 62.2 cm³/mol. The molecule has 0 aliphatic carbocycles. The van der Waals surface area contributed by atoms with Crippen molar-refractivity contribution in [2.24, 2.45) is 7.05 Å². The number of aryl methyl sites for hydroxylation is 1. The van der Waals surface area contributed by atoms with Crippen molar-refractivity contribution in [2.45, 2.75) is 25.7 Å². The molecule has 0 aromatic carbocycles. The van der Waals surface area contributed by atoms with Crippen LogP contribution in [0, 0.1) is 0 Å². The van der Waals surface area contributed by atoms with Crippen LogP contribution in [-0.2, 0) is 18.3 Å². The third-order valence-electron chi connectivity index (χ3n) is 2.49. The van der Waals surface area contributed by atoms with Crippen LogP contribution in [0.4, 0.5) is 0 Å². The molecule has 90 valence electrons. The normalized spacial score (nSPS) is 27.2. The van der Waals surface area contributed by atoms with E-state index < -0.39 is 0 Å². The maximum absolute atomic E-state index is 5.76. The van der Waals surface area contributed by atoms with Crippen molar-refractivity contribution in [3.05, 3.63) is 5.82 Å². The SMILES string of the molecule is CC1CN(Cc2nnn(C)n2)CC(CBr)O1. The van der Waals surface area contributed by atoms with E-state index in [2.05, 4.69) is 43.2 Å². The highest BCUT2D eigenvalue weighted by Gasteiger charge is 2.25. The molecule has 2 atom stereocenters. The number of nitrogens with zero attached hydrogens (tertiary/aromatic N) is 5. The highest BCUT2D eigenvalue weighted by molar-refractivity contribution is 9.09. The minimum Gasteiger partial charge on any atom is -0.372 e. The summed E-state index contributed by atoms with van der Waals surface area (Å²) in [4.78, 5) is 3.79. The van der Waals surface area contributed by atoms with Crippen molar-refractivity contribution < 1.29 is 4.74 Å². The second-order valence-electron chi connectivity index (χ2n) is 4.11. The molecule has 0 N–H and O–H groups in total. The van der Waals surface area contributed by atoms with Crippen LogP contribution >= 0.6 is 15.9 Å². The molecule has 1 fully saturated rings. The summed E-state index contributed by atoms with van der Waals surface area (Å²) in [6, 6.07) is 0. The van der Waals surface area contributed by atoms with Crippen LogP contribution in [0.15, 0.2) is 0 Å². The van der Waals surface area contributed by atoms with Crippen LogP contribution in [0.5, 0.6) is 0 Å². The number of ether oxygens (including phenoxy) is 1. The number of morpholine rings is 1. The molecule has 1 aromatic heterocycles. The molecule has 6 nitrogen and oxygen atoms in total. The third-order valence-corrected chi connectivity index (χ3v) is 3.21. The van der Waals surface area contributed by atoms with Gasteiger partial charge >= 0.3 is 0 Å². The first kappa shape index (κ1) is 11.9. The Morgan fingerprint density at radius 1 is 1.50 bits per heavy atom. The largest absolute Gasteiger partial charge is 0.372 e. The Morgan fingerprint density at radius 2 is 2.31 bits per heavy atom. The molecule has 0 amide bonds. The number of hydrogen-bond donors (Lipinski definition) is 0. The third kappa shape index (κ3) is 2.99. The Bertz CT molecular complexity index is 344. The Balaban J connectivity index is 1.93. The van der Waals surface area contributed by atoms with Gasteiger partial charge in [-0.2, -0.15) is 4.80 Å². The Morgan fingerprint density at radius 3 is 2.94 bits per heavy atom. The zero-order valence-electron chi connectivity index (χ0n) is 9.51. The lowest BCUT2D eigenvalue weighted by Crippen LogP contribution is -2.46. The summed E-state index contributed by atoms with van der Waals surface area (Å²) in [5, 5.41) is 12.9. The summed E-state index contributed by atoms with van der Waals surface area (Å²) in [5.41, 5.74) is 0. The molecule has 2 unspecified atom stereocenters. The van der Waals surface area contributed by atoms with Gasteiger partial charge in [0, 0.05) is 18.4 Å². The number of aromatic nitrogens is 4. The molecule has 2 rings (SSSR count). The van der Waals surface area contributed by atoms with Gasteiger partial charge in [-0.25, -0.2) is 0 Å². The highest BCUT2D eigenvalue weighted by atomic mass is 79.9. The van der Waals surface area contributed by atoms with Crippen molar-refractivity contribution in [1.82, 2.24) is 25.1 Å². The second-order valence-corrected chi connectivity index (χ2v) is 4.76. The summed E-state index contributed by atoms with van der Waals surface area (Å²) in [5.74, 6) is 0.768. The van der Waals surface area contributed by atoms with E-state index in [-0.39, 0.29) is 12.2 Å². The van der Waals surface area contributed by atoms with Crippen LogP contribution in [0.2, 0.25) is 0 Å². The Kier molecular flexibility index (Phi) is 3.88. The van der Waals surface area contributed by atoms with Gasteiger partial charge in [-0.05, 0) is 12.1 Å². The minimum atomic E-state index is 0.250. The minimum absolute atomic E-state index is 0.250. The van der Waals surface area contributed by atoms with Gasteiger partial charge in [-0.3, -0.25) is 4.90 Å². The lowest BCUT2D eigenvalue weighted by atomic mass is 10.2. The van der Waals surface area contributed by atoms with Crippen LogP contribution in [0.1, 0.15) is 12.7 Å². The molecule has 1 aliphatic rings. The average Bonchev–Trinajstić information content (AvgIpc) is 2.63. The van der Waals surface area contributed by atoms with E-state index >= 15 is 0 Å². The van der Waals surface area contributed by atoms with E-state index in [9.17, 15) is 0 Å². The first-order valence-corrected chi connectivity index (χ1v) is 6.46. The molecule has 0 bridgehead atoms. The van der Waals surface area contributed by atoms with Crippen molar-refractivity contribution >= 4 is 15.9 Å². The molecule has 0 saturated carbocycles. The molecular formula is C9H16BrN5O. The van der Waals surface area contributed by atoms with Gasteiger partial charge in [0.25, 0.3) is 0 Å². The average molecular weight is 290 g/mol. The monoisotopic (exact) mass is 289 g/mol. The van der Waals surface area contributed by atoms with Crippen molar-refractivity contribution in [3.63, 3.8) is 0 Å². The fourth-order valence-electron chi connectivity index (χ4n) is 1.94. The quantitative estimate of drug-likeness (QED) is 0.744. The van der Waals surface area contributed by atoms with E-state index in [0.717, 1.165) is 30.8 Å². The van der Waals surface area contributed by atoms with Gasteiger partial charge in [-0.1, -0.05) is 15.9 Å². The summed E-state index contributed by atoms with van der Waals surface area (Å²) in [7, 11) is 1.78. The molecule has 1 aromatic rings. The molecule has 0 radical (unpaired) electrons. The lowest BCUT2D eigenvalue weighted by Gasteiger charge is -2.35. The van der Waals surface area contributed by atoms with Gasteiger partial charge in [0.05, 0.1) is 25.8 Å². The van der Waals surface area contributed by atoms with Crippen LogP contribution in [0.3, 0.4) is 0 Å². The summed E-state index contributed by atoms with van der Waals surface area (Å²) < 4.78 is 5.76. The van der Waals surface area contributed by atoms with E-state index in [1.807, 2.05) is 0 Å².